The summed E-state index contributed by atoms with van der Waals surface area (Å²) >= 11 is 1.54. The minimum absolute atomic E-state index is 0.140. The van der Waals surface area contributed by atoms with Crippen LogP contribution in [0.4, 0.5) is 5.69 Å². The molecule has 2 aromatic rings. The van der Waals surface area contributed by atoms with E-state index in [1.54, 1.807) is 12.3 Å². The molecule has 1 aromatic heterocycles. The summed E-state index contributed by atoms with van der Waals surface area (Å²) in [5.41, 5.74) is 2.21. The molecule has 1 aromatic carbocycles. The van der Waals surface area contributed by atoms with Gasteiger partial charge in [-0.2, -0.15) is 5.26 Å². The predicted octanol–water partition coefficient (Wildman–Crippen LogP) is 2.00. The fourth-order valence-electron chi connectivity index (χ4n) is 4.15. The molecule has 2 fully saturated rings. The van der Waals surface area contributed by atoms with Gasteiger partial charge in [0.05, 0.1) is 42.8 Å². The van der Waals surface area contributed by atoms with Crippen molar-refractivity contribution < 1.29 is 14.3 Å². The van der Waals surface area contributed by atoms with Crippen LogP contribution >= 0.6 is 11.8 Å². The Labute approximate surface area is 185 Å². The van der Waals surface area contributed by atoms with Gasteiger partial charge in [-0.1, -0.05) is 0 Å². The number of pyridine rings is 1. The number of hydrogen-bond donors (Lipinski definition) is 1. The minimum atomic E-state index is -0.434. The summed E-state index contributed by atoms with van der Waals surface area (Å²) in [6.07, 6.45) is 1.60. The molecule has 0 aliphatic carbocycles. The number of thioether (sulfide) groups is 1. The van der Waals surface area contributed by atoms with Crippen LogP contribution in [0.15, 0.2) is 30.5 Å². The zero-order valence-corrected chi connectivity index (χ0v) is 18.4. The van der Waals surface area contributed by atoms with Crippen LogP contribution in [0, 0.1) is 11.3 Å². The van der Waals surface area contributed by atoms with Crippen LogP contribution in [0.1, 0.15) is 24.2 Å². The average Bonchev–Trinajstić information content (AvgIpc) is 3.25. The Morgan fingerprint density at radius 1 is 1.29 bits per heavy atom. The molecule has 1 N–H and O–H groups in total. The van der Waals surface area contributed by atoms with Gasteiger partial charge in [0.15, 0.2) is 0 Å². The lowest BCUT2D eigenvalue weighted by molar-refractivity contribution is -0.129. The summed E-state index contributed by atoms with van der Waals surface area (Å²) < 4.78 is 5.63. The van der Waals surface area contributed by atoms with E-state index in [0.29, 0.717) is 30.4 Å². The van der Waals surface area contributed by atoms with E-state index in [9.17, 15) is 9.59 Å². The number of ether oxygens (including phenoxy) is 1. The van der Waals surface area contributed by atoms with E-state index in [1.807, 2.05) is 18.2 Å². The van der Waals surface area contributed by atoms with Crippen molar-refractivity contribution >= 4 is 40.2 Å². The van der Waals surface area contributed by atoms with Gasteiger partial charge in [-0.3, -0.25) is 14.6 Å². The molecule has 8 nitrogen and oxygen atoms in total. The summed E-state index contributed by atoms with van der Waals surface area (Å²) in [4.78, 5) is 33.6. The number of carbonyl (C=O) groups is 2. The van der Waals surface area contributed by atoms with Crippen LogP contribution < -0.4 is 10.2 Å². The lowest BCUT2D eigenvalue weighted by Gasteiger charge is -2.40. The van der Waals surface area contributed by atoms with Gasteiger partial charge < -0.3 is 19.9 Å². The standard InChI is InChI=1S/C22H25N5O3S/c1-14-10-30-11-15(2)27(14)16-3-4-20-19(7-16)18(5-6-24-20)22(29)25-9-21(28)26-13-31-12-17(26)8-23/h3-7,14-15,17H,9-13H2,1-2H3,(H,25,29). The molecule has 0 bridgehead atoms. The number of carbonyl (C=O) groups excluding carboxylic acids is 2. The summed E-state index contributed by atoms with van der Waals surface area (Å²) in [6, 6.07) is 9.73. The number of hydrogen-bond acceptors (Lipinski definition) is 7. The number of morpholine rings is 1. The molecular weight excluding hydrogens is 414 g/mol. The predicted molar refractivity (Wildman–Crippen MR) is 120 cm³/mol. The zero-order chi connectivity index (χ0) is 22.0. The van der Waals surface area contributed by atoms with E-state index in [0.717, 1.165) is 16.6 Å². The average molecular weight is 440 g/mol. The maximum absolute atomic E-state index is 12.9. The number of fused-ring (bicyclic) bond motifs is 1. The van der Waals surface area contributed by atoms with Crippen LogP contribution in [0.25, 0.3) is 10.9 Å². The third-order valence-electron chi connectivity index (χ3n) is 5.69. The number of nitrogens with zero attached hydrogens (tertiary/aromatic N) is 4. The van der Waals surface area contributed by atoms with Crippen molar-refractivity contribution in [3.63, 3.8) is 0 Å². The molecule has 31 heavy (non-hydrogen) atoms. The number of aromatic nitrogens is 1. The third kappa shape index (κ3) is 4.31. The Hall–Kier alpha value is -2.83. The number of nitrogens with one attached hydrogen (secondary N) is 1. The number of amides is 2. The van der Waals surface area contributed by atoms with Crippen LogP contribution in [-0.2, 0) is 9.53 Å². The molecule has 0 radical (unpaired) electrons. The largest absolute Gasteiger partial charge is 0.377 e. The molecule has 3 unspecified atom stereocenters. The molecule has 162 valence electrons. The second-order valence-corrected chi connectivity index (χ2v) is 8.89. The molecule has 0 spiro atoms. The number of rotatable bonds is 4. The van der Waals surface area contributed by atoms with Crippen molar-refractivity contribution in [2.45, 2.75) is 32.0 Å². The SMILES string of the molecule is CC1COCC(C)N1c1ccc2nccc(C(=O)NCC(=O)N3CSCC3C#N)c2c1. The van der Waals surface area contributed by atoms with Gasteiger partial charge in [0.1, 0.15) is 6.04 Å². The van der Waals surface area contributed by atoms with Gasteiger partial charge in [-0.05, 0) is 38.1 Å². The van der Waals surface area contributed by atoms with Gasteiger partial charge in [0, 0.05) is 35.1 Å². The van der Waals surface area contributed by atoms with E-state index in [4.69, 9.17) is 10.00 Å². The highest BCUT2D eigenvalue weighted by atomic mass is 32.2. The Morgan fingerprint density at radius 3 is 2.81 bits per heavy atom. The van der Waals surface area contributed by atoms with Gasteiger partial charge in [-0.25, -0.2) is 0 Å². The summed E-state index contributed by atoms with van der Waals surface area (Å²) in [5, 5.41) is 12.6. The Bertz CT molecular complexity index is 1030. The fourth-order valence-corrected chi connectivity index (χ4v) is 5.26. The number of nitriles is 1. The highest BCUT2D eigenvalue weighted by Crippen LogP contribution is 2.28. The summed E-state index contributed by atoms with van der Waals surface area (Å²) in [5.74, 6) is 0.498. The summed E-state index contributed by atoms with van der Waals surface area (Å²) in [6.45, 7) is 5.41. The first-order chi connectivity index (χ1) is 15.0. The lowest BCUT2D eigenvalue weighted by atomic mass is 10.0. The molecule has 2 amide bonds. The fraction of sp³-hybridized carbons (Fsp3) is 0.455. The second-order valence-electron chi connectivity index (χ2n) is 7.89. The Morgan fingerprint density at radius 2 is 2.06 bits per heavy atom. The highest BCUT2D eigenvalue weighted by Gasteiger charge is 2.29. The molecular formula is C22H25N5O3S. The monoisotopic (exact) mass is 439 g/mol. The molecule has 0 saturated carbocycles. The molecule has 3 heterocycles. The van der Waals surface area contributed by atoms with Crippen molar-refractivity contribution in [1.82, 2.24) is 15.2 Å². The highest BCUT2D eigenvalue weighted by molar-refractivity contribution is 7.99. The van der Waals surface area contributed by atoms with E-state index in [-0.39, 0.29) is 30.4 Å². The normalized spacial score (nSPS) is 23.6. The number of benzene rings is 1. The molecule has 2 saturated heterocycles. The van der Waals surface area contributed by atoms with Gasteiger partial charge in [0.25, 0.3) is 5.91 Å². The first-order valence-electron chi connectivity index (χ1n) is 10.3. The van der Waals surface area contributed by atoms with Gasteiger partial charge in [-0.15, -0.1) is 11.8 Å². The van der Waals surface area contributed by atoms with Gasteiger partial charge >= 0.3 is 0 Å². The van der Waals surface area contributed by atoms with E-state index < -0.39 is 6.04 Å². The smallest absolute Gasteiger partial charge is 0.252 e. The van der Waals surface area contributed by atoms with E-state index in [1.165, 1.54) is 16.7 Å². The molecule has 4 rings (SSSR count). The van der Waals surface area contributed by atoms with E-state index >= 15 is 0 Å². The van der Waals surface area contributed by atoms with Crippen molar-refractivity contribution in [3.05, 3.63) is 36.0 Å². The van der Waals surface area contributed by atoms with Gasteiger partial charge in [0.2, 0.25) is 5.91 Å². The quantitative estimate of drug-likeness (QED) is 0.778. The molecule has 2 aliphatic heterocycles. The first kappa shape index (κ1) is 21.4. The summed E-state index contributed by atoms with van der Waals surface area (Å²) in [7, 11) is 0. The third-order valence-corrected chi connectivity index (χ3v) is 6.70. The van der Waals surface area contributed by atoms with Crippen LogP contribution in [0.5, 0.6) is 0 Å². The van der Waals surface area contributed by atoms with Crippen LogP contribution in [-0.4, -0.2) is 71.2 Å². The minimum Gasteiger partial charge on any atom is -0.377 e. The lowest BCUT2D eigenvalue weighted by Crippen LogP contribution is -2.49. The van der Waals surface area contributed by atoms with Crippen molar-refractivity contribution in [2.24, 2.45) is 0 Å². The molecule has 9 heteroatoms. The first-order valence-corrected chi connectivity index (χ1v) is 11.4. The Balaban J connectivity index is 1.55. The van der Waals surface area contributed by atoms with Crippen LogP contribution in [0.3, 0.4) is 0 Å². The molecule has 2 aliphatic rings. The topological polar surface area (TPSA) is 98.6 Å². The van der Waals surface area contributed by atoms with Crippen molar-refractivity contribution in [2.75, 3.05) is 36.3 Å². The van der Waals surface area contributed by atoms with E-state index in [2.05, 4.69) is 35.1 Å². The van der Waals surface area contributed by atoms with Crippen molar-refractivity contribution in [1.29, 1.82) is 5.26 Å². The second kappa shape index (κ2) is 9.12. The van der Waals surface area contributed by atoms with Crippen LogP contribution in [0.2, 0.25) is 0 Å². The zero-order valence-electron chi connectivity index (χ0n) is 17.6. The van der Waals surface area contributed by atoms with Crippen molar-refractivity contribution in [3.8, 4) is 6.07 Å². The maximum Gasteiger partial charge on any atom is 0.252 e. The molecule has 3 atom stereocenters. The maximum atomic E-state index is 12.9. The number of anilines is 1. The Kier molecular flexibility index (Phi) is 6.30.